The first-order chi connectivity index (χ1) is 14.7. The molecule has 1 aliphatic carbocycles. The maximum atomic E-state index is 11.9. The molecule has 0 unspecified atom stereocenters. The monoisotopic (exact) mass is 409 g/mol. The first-order valence-electron chi connectivity index (χ1n) is 10.7. The number of esters is 1. The number of benzene rings is 1. The molecule has 30 heavy (non-hydrogen) atoms. The lowest BCUT2D eigenvalue weighted by atomic mass is 9.90. The summed E-state index contributed by atoms with van der Waals surface area (Å²) in [6.07, 6.45) is 6.23. The first-order valence-corrected chi connectivity index (χ1v) is 10.7. The number of methoxy groups -OCH3 is 1. The van der Waals surface area contributed by atoms with E-state index in [4.69, 9.17) is 9.47 Å². The third-order valence-electron chi connectivity index (χ3n) is 6.41. The molecule has 1 aromatic carbocycles. The average molecular weight is 409 g/mol. The Morgan fingerprint density at radius 3 is 2.77 bits per heavy atom. The molecule has 0 amide bonds. The maximum absolute atomic E-state index is 11.9. The number of ether oxygens (including phenoxy) is 2. The van der Waals surface area contributed by atoms with E-state index in [1.165, 1.54) is 20.0 Å². The number of carbonyl (C=O) groups is 1. The molecule has 0 atom stereocenters. The molecule has 2 fully saturated rings. The number of anilines is 1. The van der Waals surface area contributed by atoms with Crippen molar-refractivity contribution in [2.45, 2.75) is 37.8 Å². The minimum atomic E-state index is -0.350. The van der Waals surface area contributed by atoms with Crippen molar-refractivity contribution < 1.29 is 14.3 Å². The molecule has 0 spiro atoms. The Morgan fingerprint density at radius 2 is 2.00 bits per heavy atom. The zero-order valence-electron chi connectivity index (χ0n) is 17.2. The van der Waals surface area contributed by atoms with E-state index < -0.39 is 0 Å². The van der Waals surface area contributed by atoms with Gasteiger partial charge in [0, 0.05) is 36.1 Å². The maximum Gasteiger partial charge on any atom is 0.337 e. The molecule has 1 aliphatic heterocycles. The highest BCUT2D eigenvalue weighted by Gasteiger charge is 2.27. The molecule has 2 N–H and O–H groups in total. The summed E-state index contributed by atoms with van der Waals surface area (Å²) in [5.41, 5.74) is 2.14. The number of H-pyrrole nitrogens is 1. The topological polar surface area (TPSA) is 92.4 Å². The Hall–Kier alpha value is -2.71. The summed E-state index contributed by atoms with van der Waals surface area (Å²) in [6, 6.07) is 6.60. The molecule has 8 nitrogen and oxygen atoms in total. The van der Waals surface area contributed by atoms with Crippen LogP contribution >= 0.6 is 0 Å². The van der Waals surface area contributed by atoms with E-state index in [1.807, 2.05) is 6.07 Å². The van der Waals surface area contributed by atoms with Gasteiger partial charge in [0.2, 0.25) is 0 Å². The third kappa shape index (κ3) is 3.61. The van der Waals surface area contributed by atoms with E-state index in [0.717, 1.165) is 66.9 Å². The van der Waals surface area contributed by atoms with Crippen LogP contribution in [0.15, 0.2) is 24.5 Å². The molecule has 2 aliphatic rings. The number of rotatable bonds is 4. The Bertz CT molecular complexity index is 1050. The second-order valence-corrected chi connectivity index (χ2v) is 8.12. The predicted octanol–water partition coefficient (Wildman–Crippen LogP) is 2.95. The normalized spacial score (nSPS) is 23.0. The molecule has 0 radical (unpaired) electrons. The Kier molecular flexibility index (Phi) is 5.26. The van der Waals surface area contributed by atoms with Crippen LogP contribution in [0.25, 0.3) is 21.9 Å². The van der Waals surface area contributed by atoms with Gasteiger partial charge in [-0.15, -0.1) is 0 Å². The fourth-order valence-corrected chi connectivity index (χ4v) is 4.80. The molecule has 1 saturated heterocycles. The highest BCUT2D eigenvalue weighted by atomic mass is 16.5. The second-order valence-electron chi connectivity index (χ2n) is 8.12. The Morgan fingerprint density at radius 1 is 1.20 bits per heavy atom. The molecule has 3 heterocycles. The van der Waals surface area contributed by atoms with Crippen LogP contribution < -0.4 is 5.32 Å². The highest BCUT2D eigenvalue weighted by Crippen LogP contribution is 2.32. The van der Waals surface area contributed by atoms with Gasteiger partial charge in [-0.2, -0.15) is 0 Å². The molecule has 3 aromatic rings. The van der Waals surface area contributed by atoms with E-state index in [-0.39, 0.29) is 5.97 Å². The lowest BCUT2D eigenvalue weighted by Gasteiger charge is -2.39. The summed E-state index contributed by atoms with van der Waals surface area (Å²) in [5, 5.41) is 5.64. The SMILES string of the molecule is COC(=O)c1ccc2c(c1)[nH]c1ncnc(N[C@H]3CC[C@H](N4CCOCC4)CC3)c12. The highest BCUT2D eigenvalue weighted by molar-refractivity contribution is 6.12. The number of fused-ring (bicyclic) bond motifs is 3. The fraction of sp³-hybridized carbons (Fsp3) is 0.500. The van der Waals surface area contributed by atoms with Crippen molar-refractivity contribution in [1.29, 1.82) is 0 Å². The van der Waals surface area contributed by atoms with Gasteiger partial charge in [-0.05, 0) is 37.8 Å². The van der Waals surface area contributed by atoms with Crippen molar-refractivity contribution in [2.24, 2.45) is 0 Å². The summed E-state index contributed by atoms with van der Waals surface area (Å²) in [7, 11) is 1.39. The zero-order valence-corrected chi connectivity index (χ0v) is 17.2. The van der Waals surface area contributed by atoms with Crippen LogP contribution in [-0.4, -0.2) is 71.3 Å². The van der Waals surface area contributed by atoms with Crippen LogP contribution in [0.2, 0.25) is 0 Å². The molecule has 5 rings (SSSR count). The van der Waals surface area contributed by atoms with Crippen LogP contribution in [0.1, 0.15) is 36.0 Å². The standard InChI is InChI=1S/C22H27N5O3/c1-29-22(28)14-2-7-17-18(12-14)26-21-19(17)20(23-13-24-21)25-15-3-5-16(6-4-15)27-8-10-30-11-9-27/h2,7,12-13,15-16H,3-6,8-11H2,1H3,(H2,23,24,25,26)/t15-,16-. The zero-order chi connectivity index (χ0) is 20.5. The van der Waals surface area contributed by atoms with Gasteiger partial charge in [0.1, 0.15) is 17.8 Å². The second kappa shape index (κ2) is 8.20. The van der Waals surface area contributed by atoms with Gasteiger partial charge < -0.3 is 19.8 Å². The number of aromatic nitrogens is 3. The summed E-state index contributed by atoms with van der Waals surface area (Å²) >= 11 is 0. The van der Waals surface area contributed by atoms with Gasteiger partial charge in [-0.3, -0.25) is 4.90 Å². The summed E-state index contributed by atoms with van der Waals surface area (Å²) in [6.45, 7) is 3.82. The van der Waals surface area contributed by atoms with Crippen LogP contribution in [-0.2, 0) is 9.47 Å². The fourth-order valence-electron chi connectivity index (χ4n) is 4.80. The smallest absolute Gasteiger partial charge is 0.337 e. The van der Waals surface area contributed by atoms with Gasteiger partial charge in [0.05, 0.1) is 31.3 Å². The molecular weight excluding hydrogens is 382 g/mol. The predicted molar refractivity (Wildman–Crippen MR) is 115 cm³/mol. The van der Waals surface area contributed by atoms with Gasteiger partial charge in [-0.1, -0.05) is 6.07 Å². The van der Waals surface area contributed by atoms with Crippen molar-refractivity contribution in [2.75, 3.05) is 38.7 Å². The van der Waals surface area contributed by atoms with E-state index in [2.05, 4.69) is 25.2 Å². The van der Waals surface area contributed by atoms with Gasteiger partial charge in [0.25, 0.3) is 0 Å². The number of hydrogen-bond donors (Lipinski definition) is 2. The number of nitrogens with one attached hydrogen (secondary N) is 2. The lowest BCUT2D eigenvalue weighted by Crippen LogP contribution is -2.46. The van der Waals surface area contributed by atoms with Crippen molar-refractivity contribution in [3.8, 4) is 0 Å². The third-order valence-corrected chi connectivity index (χ3v) is 6.41. The number of morpholine rings is 1. The molecule has 158 valence electrons. The van der Waals surface area contributed by atoms with E-state index in [1.54, 1.807) is 18.5 Å². The lowest BCUT2D eigenvalue weighted by molar-refractivity contribution is 0.00791. The van der Waals surface area contributed by atoms with Crippen LogP contribution in [0, 0.1) is 0 Å². The van der Waals surface area contributed by atoms with Crippen molar-refractivity contribution in [3.05, 3.63) is 30.1 Å². The molecule has 1 saturated carbocycles. The number of aromatic amines is 1. The van der Waals surface area contributed by atoms with Crippen molar-refractivity contribution in [1.82, 2.24) is 19.9 Å². The van der Waals surface area contributed by atoms with Crippen molar-refractivity contribution >= 4 is 33.7 Å². The first kappa shape index (κ1) is 19.3. The largest absolute Gasteiger partial charge is 0.465 e. The molecule has 0 bridgehead atoms. The average Bonchev–Trinajstić information content (AvgIpc) is 3.18. The number of carbonyl (C=O) groups excluding carboxylic acids is 1. The van der Waals surface area contributed by atoms with Gasteiger partial charge >= 0.3 is 5.97 Å². The summed E-state index contributed by atoms with van der Waals surface area (Å²) in [4.78, 5) is 26.7. The Labute approximate surface area is 175 Å². The number of hydrogen-bond acceptors (Lipinski definition) is 7. The minimum absolute atomic E-state index is 0.350. The van der Waals surface area contributed by atoms with E-state index >= 15 is 0 Å². The van der Waals surface area contributed by atoms with Crippen LogP contribution in [0.4, 0.5) is 5.82 Å². The van der Waals surface area contributed by atoms with E-state index in [0.29, 0.717) is 17.6 Å². The minimum Gasteiger partial charge on any atom is -0.465 e. The van der Waals surface area contributed by atoms with E-state index in [9.17, 15) is 4.79 Å². The van der Waals surface area contributed by atoms with Crippen molar-refractivity contribution in [3.63, 3.8) is 0 Å². The summed E-state index contributed by atoms with van der Waals surface area (Å²) in [5.74, 6) is 0.504. The molecule has 8 heteroatoms. The molecule has 2 aromatic heterocycles. The number of nitrogens with zero attached hydrogens (tertiary/aromatic N) is 3. The molecular formula is C22H27N5O3. The quantitative estimate of drug-likeness (QED) is 0.640. The van der Waals surface area contributed by atoms with Crippen LogP contribution in [0.3, 0.4) is 0 Å². The van der Waals surface area contributed by atoms with Gasteiger partial charge in [0.15, 0.2) is 0 Å². The van der Waals surface area contributed by atoms with Crippen LogP contribution in [0.5, 0.6) is 0 Å². The van der Waals surface area contributed by atoms with Gasteiger partial charge in [-0.25, -0.2) is 14.8 Å². The Balaban J connectivity index is 1.35. The summed E-state index contributed by atoms with van der Waals surface area (Å²) < 4.78 is 10.3.